The van der Waals surface area contributed by atoms with Gasteiger partial charge in [0.2, 0.25) is 0 Å². The second-order valence-corrected chi connectivity index (χ2v) is 4.48. The summed E-state index contributed by atoms with van der Waals surface area (Å²) < 4.78 is 0. The lowest BCUT2D eigenvalue weighted by Gasteiger charge is -2.28. The van der Waals surface area contributed by atoms with Crippen LogP contribution in [-0.4, -0.2) is 36.9 Å². The van der Waals surface area contributed by atoms with E-state index < -0.39 is 0 Å². The molecule has 1 aromatic rings. The fourth-order valence-electron chi connectivity index (χ4n) is 2.45. The van der Waals surface area contributed by atoms with E-state index in [1.165, 1.54) is 23.4 Å². The molecule has 0 aliphatic carbocycles. The SMILES string of the molecule is c1ccc2c(c1)CCN(CC1=NCCN1)C2. The average molecular weight is 215 g/mol. The molecule has 3 heteroatoms. The molecule has 1 N–H and O–H groups in total. The van der Waals surface area contributed by atoms with E-state index in [4.69, 9.17) is 0 Å². The predicted octanol–water partition coefficient (Wildman–Crippen LogP) is 1.05. The lowest BCUT2D eigenvalue weighted by Crippen LogP contribution is -2.38. The van der Waals surface area contributed by atoms with E-state index in [1.54, 1.807) is 0 Å². The smallest absolute Gasteiger partial charge is 0.111 e. The third-order valence-electron chi connectivity index (χ3n) is 3.33. The van der Waals surface area contributed by atoms with Crippen molar-refractivity contribution in [2.24, 2.45) is 4.99 Å². The molecule has 2 heterocycles. The maximum atomic E-state index is 4.45. The fraction of sp³-hybridized carbons (Fsp3) is 0.462. The van der Waals surface area contributed by atoms with Gasteiger partial charge < -0.3 is 5.32 Å². The largest absolute Gasteiger partial charge is 0.371 e. The molecule has 0 saturated carbocycles. The van der Waals surface area contributed by atoms with Gasteiger partial charge in [0.25, 0.3) is 0 Å². The van der Waals surface area contributed by atoms with E-state index in [9.17, 15) is 0 Å². The number of fused-ring (bicyclic) bond motifs is 1. The maximum Gasteiger partial charge on any atom is 0.111 e. The number of benzene rings is 1. The van der Waals surface area contributed by atoms with Gasteiger partial charge in [0.15, 0.2) is 0 Å². The van der Waals surface area contributed by atoms with Gasteiger partial charge in [0.1, 0.15) is 5.84 Å². The lowest BCUT2D eigenvalue weighted by molar-refractivity contribution is 0.288. The number of nitrogens with zero attached hydrogens (tertiary/aromatic N) is 2. The van der Waals surface area contributed by atoms with Crippen molar-refractivity contribution in [3.05, 3.63) is 35.4 Å². The van der Waals surface area contributed by atoms with E-state index in [-0.39, 0.29) is 0 Å². The molecule has 0 fully saturated rings. The van der Waals surface area contributed by atoms with Crippen molar-refractivity contribution < 1.29 is 0 Å². The van der Waals surface area contributed by atoms with E-state index in [0.29, 0.717) is 0 Å². The van der Waals surface area contributed by atoms with Gasteiger partial charge in [0.05, 0.1) is 13.1 Å². The highest BCUT2D eigenvalue weighted by Gasteiger charge is 2.17. The van der Waals surface area contributed by atoms with Crippen LogP contribution in [0.4, 0.5) is 0 Å². The normalized spacial score (nSPS) is 20.1. The molecule has 3 nitrogen and oxygen atoms in total. The highest BCUT2D eigenvalue weighted by Crippen LogP contribution is 2.18. The van der Waals surface area contributed by atoms with Gasteiger partial charge in [-0.3, -0.25) is 9.89 Å². The molecule has 16 heavy (non-hydrogen) atoms. The Labute approximate surface area is 96.2 Å². The molecule has 0 spiro atoms. The Bertz CT molecular complexity index is 411. The molecule has 2 aliphatic rings. The summed E-state index contributed by atoms with van der Waals surface area (Å²) in [5.41, 5.74) is 2.99. The van der Waals surface area contributed by atoms with Crippen LogP contribution in [0.3, 0.4) is 0 Å². The zero-order valence-electron chi connectivity index (χ0n) is 9.45. The van der Waals surface area contributed by atoms with Crippen molar-refractivity contribution in [1.82, 2.24) is 10.2 Å². The minimum atomic E-state index is 0.944. The highest BCUT2D eigenvalue weighted by molar-refractivity contribution is 5.85. The van der Waals surface area contributed by atoms with Crippen LogP contribution in [-0.2, 0) is 13.0 Å². The van der Waals surface area contributed by atoms with E-state index in [1.807, 2.05) is 0 Å². The Morgan fingerprint density at radius 1 is 1.25 bits per heavy atom. The monoisotopic (exact) mass is 215 g/mol. The van der Waals surface area contributed by atoms with E-state index in [0.717, 1.165) is 32.7 Å². The Kier molecular flexibility index (Phi) is 2.62. The van der Waals surface area contributed by atoms with Gasteiger partial charge >= 0.3 is 0 Å². The molecule has 0 radical (unpaired) electrons. The molecule has 0 amide bonds. The van der Waals surface area contributed by atoms with E-state index >= 15 is 0 Å². The number of hydrogen-bond donors (Lipinski definition) is 1. The van der Waals surface area contributed by atoms with Gasteiger partial charge in [-0.1, -0.05) is 24.3 Å². The minimum Gasteiger partial charge on any atom is -0.371 e. The van der Waals surface area contributed by atoms with Crippen LogP contribution in [0.15, 0.2) is 29.3 Å². The zero-order valence-corrected chi connectivity index (χ0v) is 9.45. The predicted molar refractivity (Wildman–Crippen MR) is 65.7 cm³/mol. The number of aliphatic imine (C=N–C) groups is 1. The molecule has 0 unspecified atom stereocenters. The molecule has 0 aromatic heterocycles. The minimum absolute atomic E-state index is 0.944. The van der Waals surface area contributed by atoms with Crippen molar-refractivity contribution in [2.75, 3.05) is 26.2 Å². The molecule has 0 atom stereocenters. The Balaban J connectivity index is 1.68. The average Bonchev–Trinajstić information content (AvgIpc) is 2.82. The highest BCUT2D eigenvalue weighted by atomic mass is 15.2. The number of hydrogen-bond acceptors (Lipinski definition) is 3. The lowest BCUT2D eigenvalue weighted by atomic mass is 10.00. The Morgan fingerprint density at radius 3 is 2.94 bits per heavy atom. The molecule has 0 bridgehead atoms. The quantitative estimate of drug-likeness (QED) is 0.798. The van der Waals surface area contributed by atoms with Crippen molar-refractivity contribution in [3.8, 4) is 0 Å². The Morgan fingerprint density at radius 2 is 2.12 bits per heavy atom. The first-order valence-corrected chi connectivity index (χ1v) is 5.98. The van der Waals surface area contributed by atoms with Crippen molar-refractivity contribution in [2.45, 2.75) is 13.0 Å². The molecular formula is C13H17N3. The standard InChI is InChI=1S/C13H17N3/c1-2-4-12-9-16(8-5-11(12)3-1)10-13-14-6-7-15-13/h1-4H,5-10H2,(H,14,15). The topological polar surface area (TPSA) is 27.6 Å². The molecule has 0 saturated heterocycles. The second-order valence-electron chi connectivity index (χ2n) is 4.48. The van der Waals surface area contributed by atoms with Gasteiger partial charge in [-0.25, -0.2) is 0 Å². The van der Waals surface area contributed by atoms with Gasteiger partial charge in [-0.05, 0) is 17.5 Å². The molecule has 2 aliphatic heterocycles. The molecular weight excluding hydrogens is 198 g/mol. The summed E-state index contributed by atoms with van der Waals surface area (Å²) in [6, 6.07) is 8.76. The number of amidine groups is 1. The first-order chi connectivity index (χ1) is 7.92. The first-order valence-electron chi connectivity index (χ1n) is 5.98. The molecule has 1 aromatic carbocycles. The number of nitrogens with one attached hydrogen (secondary N) is 1. The summed E-state index contributed by atoms with van der Waals surface area (Å²) in [6.45, 7) is 5.16. The van der Waals surface area contributed by atoms with Crippen molar-refractivity contribution in [3.63, 3.8) is 0 Å². The van der Waals surface area contributed by atoms with E-state index in [2.05, 4.69) is 39.5 Å². The van der Waals surface area contributed by atoms with Crippen LogP contribution in [0.1, 0.15) is 11.1 Å². The summed E-state index contributed by atoms with van der Waals surface area (Å²) in [5.74, 6) is 1.17. The van der Waals surface area contributed by atoms with Gasteiger partial charge in [-0.15, -0.1) is 0 Å². The summed E-state index contributed by atoms with van der Waals surface area (Å²) in [5, 5.41) is 3.34. The van der Waals surface area contributed by atoms with Crippen LogP contribution >= 0.6 is 0 Å². The van der Waals surface area contributed by atoms with Crippen LogP contribution in [0.5, 0.6) is 0 Å². The zero-order chi connectivity index (χ0) is 10.8. The third kappa shape index (κ3) is 1.95. The van der Waals surface area contributed by atoms with Crippen LogP contribution < -0.4 is 5.32 Å². The third-order valence-corrected chi connectivity index (χ3v) is 3.33. The second kappa shape index (κ2) is 4.26. The summed E-state index contributed by atoms with van der Waals surface area (Å²) in [6.07, 6.45) is 1.17. The fourth-order valence-corrected chi connectivity index (χ4v) is 2.45. The maximum absolute atomic E-state index is 4.45. The molecule has 84 valence electrons. The summed E-state index contributed by atoms with van der Waals surface area (Å²) in [4.78, 5) is 6.92. The van der Waals surface area contributed by atoms with Crippen LogP contribution in [0, 0.1) is 0 Å². The summed E-state index contributed by atoms with van der Waals surface area (Å²) >= 11 is 0. The number of rotatable bonds is 2. The van der Waals surface area contributed by atoms with Crippen LogP contribution in [0.25, 0.3) is 0 Å². The van der Waals surface area contributed by atoms with Crippen molar-refractivity contribution in [1.29, 1.82) is 0 Å². The molecule has 3 rings (SSSR count). The first kappa shape index (κ1) is 9.85. The van der Waals surface area contributed by atoms with Crippen LogP contribution in [0.2, 0.25) is 0 Å². The van der Waals surface area contributed by atoms with Gasteiger partial charge in [-0.2, -0.15) is 0 Å². The Hall–Kier alpha value is -1.35. The summed E-state index contributed by atoms with van der Waals surface area (Å²) in [7, 11) is 0. The van der Waals surface area contributed by atoms with Crippen molar-refractivity contribution >= 4 is 5.84 Å². The van der Waals surface area contributed by atoms with Gasteiger partial charge in [0, 0.05) is 19.6 Å².